The van der Waals surface area contributed by atoms with Gasteiger partial charge in [0.2, 0.25) is 0 Å². The van der Waals surface area contributed by atoms with E-state index in [4.69, 9.17) is 5.73 Å². The summed E-state index contributed by atoms with van der Waals surface area (Å²) < 4.78 is 40.2. The zero-order chi connectivity index (χ0) is 13.8. The largest absolute Gasteiger partial charge is 0.573 e. The van der Waals surface area contributed by atoms with Crippen molar-refractivity contribution in [3.63, 3.8) is 0 Å². The van der Waals surface area contributed by atoms with Gasteiger partial charge < -0.3 is 15.8 Å². The molecule has 0 amide bonds. The molecule has 1 atom stereocenters. The van der Waals surface area contributed by atoms with Crippen LogP contribution in [0.4, 0.5) is 13.2 Å². The van der Waals surface area contributed by atoms with E-state index in [1.165, 1.54) is 18.2 Å². The van der Waals surface area contributed by atoms with E-state index in [2.05, 4.69) is 10.1 Å². The van der Waals surface area contributed by atoms with Gasteiger partial charge in [-0.1, -0.05) is 26.0 Å². The Balaban J connectivity index is 2.86. The average Bonchev–Trinajstić information content (AvgIpc) is 2.23. The Kier molecular flexibility index (Phi) is 4.98. The fourth-order valence-electron chi connectivity index (χ4n) is 1.63. The fourth-order valence-corrected chi connectivity index (χ4v) is 1.63. The second kappa shape index (κ2) is 6.06. The number of hydrogen-bond donors (Lipinski definition) is 2. The van der Waals surface area contributed by atoms with Gasteiger partial charge in [-0.05, 0) is 17.7 Å². The van der Waals surface area contributed by atoms with Crippen molar-refractivity contribution < 1.29 is 17.9 Å². The van der Waals surface area contributed by atoms with Crippen molar-refractivity contribution in [2.24, 2.45) is 5.73 Å². The molecule has 0 fully saturated rings. The number of ether oxygens (including phenoxy) is 1. The van der Waals surface area contributed by atoms with Crippen LogP contribution in [0.1, 0.15) is 25.5 Å². The fraction of sp³-hybridized carbons (Fsp3) is 0.500. The number of rotatable bonds is 5. The van der Waals surface area contributed by atoms with Crippen LogP contribution >= 0.6 is 0 Å². The van der Waals surface area contributed by atoms with Crippen molar-refractivity contribution in [1.29, 1.82) is 0 Å². The van der Waals surface area contributed by atoms with Crippen molar-refractivity contribution >= 4 is 0 Å². The lowest BCUT2D eigenvalue weighted by Crippen LogP contribution is -2.33. The molecule has 0 radical (unpaired) electrons. The Labute approximate surface area is 104 Å². The summed E-state index contributed by atoms with van der Waals surface area (Å²) in [5, 5.41) is 3.17. The normalized spacial score (nSPS) is 13.7. The smallest absolute Gasteiger partial charge is 0.406 e. The minimum Gasteiger partial charge on any atom is -0.406 e. The maximum atomic E-state index is 12.1. The Hall–Kier alpha value is -1.27. The van der Waals surface area contributed by atoms with Crippen molar-refractivity contribution in [2.45, 2.75) is 32.3 Å². The number of nitrogens with two attached hydrogens (primary N) is 1. The lowest BCUT2D eigenvalue weighted by molar-refractivity contribution is -0.274. The maximum absolute atomic E-state index is 12.1. The molecule has 0 aliphatic rings. The molecule has 0 saturated heterocycles. The quantitative estimate of drug-likeness (QED) is 0.857. The summed E-state index contributed by atoms with van der Waals surface area (Å²) in [4.78, 5) is 0. The van der Waals surface area contributed by atoms with E-state index in [1.54, 1.807) is 6.07 Å². The molecule has 3 N–H and O–H groups in total. The summed E-state index contributed by atoms with van der Waals surface area (Å²) in [6.07, 6.45) is -4.68. The lowest BCUT2D eigenvalue weighted by Gasteiger charge is -2.20. The first-order chi connectivity index (χ1) is 8.31. The van der Waals surface area contributed by atoms with Gasteiger partial charge in [-0.25, -0.2) is 0 Å². The Morgan fingerprint density at radius 1 is 1.33 bits per heavy atom. The summed E-state index contributed by atoms with van der Waals surface area (Å²) in [5.41, 5.74) is 6.28. The van der Waals surface area contributed by atoms with Gasteiger partial charge in [0.05, 0.1) is 0 Å². The van der Waals surface area contributed by atoms with Crippen molar-refractivity contribution in [2.75, 3.05) is 6.54 Å². The first-order valence-corrected chi connectivity index (χ1v) is 5.63. The second-order valence-electron chi connectivity index (χ2n) is 4.23. The summed E-state index contributed by atoms with van der Waals surface area (Å²) in [5.74, 6) is -0.232. The van der Waals surface area contributed by atoms with Gasteiger partial charge in [0, 0.05) is 18.6 Å². The summed E-state index contributed by atoms with van der Waals surface area (Å²) in [6.45, 7) is 4.19. The zero-order valence-electron chi connectivity index (χ0n) is 10.3. The van der Waals surface area contributed by atoms with Gasteiger partial charge in [-0.3, -0.25) is 0 Å². The molecule has 1 unspecified atom stereocenters. The van der Waals surface area contributed by atoms with Gasteiger partial charge in [-0.2, -0.15) is 0 Å². The van der Waals surface area contributed by atoms with Crippen molar-refractivity contribution in [1.82, 2.24) is 5.32 Å². The second-order valence-corrected chi connectivity index (χ2v) is 4.23. The first kappa shape index (κ1) is 14.8. The van der Waals surface area contributed by atoms with Gasteiger partial charge in [0.25, 0.3) is 0 Å². The minimum atomic E-state index is -4.68. The van der Waals surface area contributed by atoms with Crippen LogP contribution < -0.4 is 15.8 Å². The molecule has 0 bridgehead atoms. The van der Waals surface area contributed by atoms with Crippen molar-refractivity contribution in [3.05, 3.63) is 29.8 Å². The van der Waals surface area contributed by atoms with Crippen LogP contribution in [0.5, 0.6) is 5.75 Å². The third-order valence-electron chi connectivity index (χ3n) is 2.26. The van der Waals surface area contributed by atoms with E-state index >= 15 is 0 Å². The summed E-state index contributed by atoms with van der Waals surface area (Å²) in [7, 11) is 0. The van der Waals surface area contributed by atoms with E-state index in [1.807, 2.05) is 13.8 Å². The van der Waals surface area contributed by atoms with E-state index in [0.29, 0.717) is 12.1 Å². The molecule has 18 heavy (non-hydrogen) atoms. The molecular weight excluding hydrogens is 245 g/mol. The molecule has 6 heteroatoms. The van der Waals surface area contributed by atoms with Crippen LogP contribution in [-0.2, 0) is 0 Å². The van der Waals surface area contributed by atoms with Gasteiger partial charge in [0.1, 0.15) is 5.75 Å². The minimum absolute atomic E-state index is 0.186. The van der Waals surface area contributed by atoms with E-state index in [0.717, 1.165) is 0 Å². The molecule has 1 aromatic carbocycles. The number of hydrogen-bond acceptors (Lipinski definition) is 3. The molecule has 102 valence electrons. The molecule has 0 aliphatic heterocycles. The Morgan fingerprint density at radius 3 is 2.50 bits per heavy atom. The predicted molar refractivity (Wildman–Crippen MR) is 63.2 cm³/mol. The summed E-state index contributed by atoms with van der Waals surface area (Å²) >= 11 is 0. The Bertz CT molecular complexity index is 380. The van der Waals surface area contributed by atoms with E-state index in [9.17, 15) is 13.2 Å². The first-order valence-electron chi connectivity index (χ1n) is 5.63. The molecule has 0 saturated carbocycles. The molecule has 1 rings (SSSR count). The van der Waals surface area contributed by atoms with Crippen LogP contribution in [0.25, 0.3) is 0 Å². The molecular formula is C12H17F3N2O. The molecule has 0 aromatic heterocycles. The zero-order valence-corrected chi connectivity index (χ0v) is 10.3. The predicted octanol–water partition coefficient (Wildman–Crippen LogP) is 2.58. The standard InChI is InChI=1S/C12H17F3N2O/c1-8(2)17-11(7-16)9-4-3-5-10(6-9)18-12(13,14)15/h3-6,8,11,17H,7,16H2,1-2H3. The molecule has 0 aliphatic carbocycles. The number of nitrogens with one attached hydrogen (secondary N) is 1. The van der Waals surface area contributed by atoms with Crippen molar-refractivity contribution in [3.8, 4) is 5.75 Å². The molecule has 0 heterocycles. The van der Waals surface area contributed by atoms with Gasteiger partial charge in [-0.15, -0.1) is 13.2 Å². The number of benzene rings is 1. The Morgan fingerprint density at radius 2 is 2.00 bits per heavy atom. The number of alkyl halides is 3. The van der Waals surface area contributed by atoms with Crippen LogP contribution in [0.15, 0.2) is 24.3 Å². The highest BCUT2D eigenvalue weighted by atomic mass is 19.4. The highest BCUT2D eigenvalue weighted by Gasteiger charge is 2.31. The van der Waals surface area contributed by atoms with E-state index < -0.39 is 6.36 Å². The van der Waals surface area contributed by atoms with Crippen LogP contribution in [-0.4, -0.2) is 18.9 Å². The number of halogens is 3. The van der Waals surface area contributed by atoms with Gasteiger partial charge in [0.15, 0.2) is 0 Å². The topological polar surface area (TPSA) is 47.3 Å². The third kappa shape index (κ3) is 4.93. The lowest BCUT2D eigenvalue weighted by atomic mass is 10.1. The highest BCUT2D eigenvalue weighted by Crippen LogP contribution is 2.25. The van der Waals surface area contributed by atoms with E-state index in [-0.39, 0.29) is 17.8 Å². The molecule has 1 aromatic rings. The highest BCUT2D eigenvalue weighted by molar-refractivity contribution is 5.31. The van der Waals surface area contributed by atoms with Crippen LogP contribution in [0, 0.1) is 0 Å². The van der Waals surface area contributed by atoms with Crippen LogP contribution in [0.2, 0.25) is 0 Å². The molecule has 3 nitrogen and oxygen atoms in total. The third-order valence-corrected chi connectivity index (χ3v) is 2.26. The average molecular weight is 262 g/mol. The monoisotopic (exact) mass is 262 g/mol. The van der Waals surface area contributed by atoms with Crippen LogP contribution in [0.3, 0.4) is 0 Å². The maximum Gasteiger partial charge on any atom is 0.573 e. The summed E-state index contributed by atoms with van der Waals surface area (Å²) in [6, 6.07) is 5.84. The van der Waals surface area contributed by atoms with Gasteiger partial charge >= 0.3 is 6.36 Å². The SMILES string of the molecule is CC(C)NC(CN)c1cccc(OC(F)(F)F)c1. The molecule has 0 spiro atoms.